The second-order valence-corrected chi connectivity index (χ2v) is 9.68. The van der Waals surface area contributed by atoms with E-state index in [0.717, 1.165) is 38.5 Å². The highest BCUT2D eigenvalue weighted by molar-refractivity contribution is 6.08. The summed E-state index contributed by atoms with van der Waals surface area (Å²) in [6.45, 7) is 6.53. The Morgan fingerprint density at radius 3 is 2.61 bits per heavy atom. The molecule has 1 aromatic carbocycles. The van der Waals surface area contributed by atoms with Crippen LogP contribution in [0.5, 0.6) is 5.75 Å². The van der Waals surface area contributed by atoms with Gasteiger partial charge in [-0.1, -0.05) is 13.0 Å². The van der Waals surface area contributed by atoms with Gasteiger partial charge in [-0.05, 0) is 30.3 Å². The van der Waals surface area contributed by atoms with Crippen LogP contribution in [0.1, 0.15) is 28.6 Å². The number of imide groups is 1. The highest BCUT2D eigenvalue weighted by atomic mass is 19.1. The molecule has 0 saturated carbocycles. The summed E-state index contributed by atoms with van der Waals surface area (Å²) in [7, 11) is 1.32. The Bertz CT molecular complexity index is 1470. The quantitative estimate of drug-likeness (QED) is 0.471. The summed E-state index contributed by atoms with van der Waals surface area (Å²) >= 11 is 0. The number of benzene rings is 1. The van der Waals surface area contributed by atoms with Gasteiger partial charge in [-0.15, -0.1) is 0 Å². The van der Waals surface area contributed by atoms with Crippen molar-refractivity contribution in [2.45, 2.75) is 19.0 Å². The average Bonchev–Trinajstić information content (AvgIpc) is 3.57. The minimum absolute atomic E-state index is 0.0455. The number of methoxy groups -OCH3 is 1. The molecule has 2 N–H and O–H groups in total. The molecule has 2 aromatic heterocycles. The molecule has 0 unspecified atom stereocenters. The molecule has 0 radical (unpaired) electrons. The molecule has 198 valence electrons. The standard InChI is InChI=1S/C26H27FN6O5/c1-3-31-8-10-32(11-9-31)20-7-6-17-16(28-20)12-19(38-17)26(24(35)29-25(36)30-26)14-33-13-15-4-5-18(37-2)22(27)21(15)23(33)34/h4-7,12H,3,8-11,13-14H2,1-2H3,(H2,29,30,35,36)/t26-/m0/s1. The zero-order valence-electron chi connectivity index (χ0n) is 21.0. The van der Waals surface area contributed by atoms with Gasteiger partial charge in [-0.3, -0.25) is 14.9 Å². The Labute approximate surface area is 217 Å². The smallest absolute Gasteiger partial charge is 0.322 e. The van der Waals surface area contributed by atoms with Gasteiger partial charge in [0.1, 0.15) is 17.1 Å². The maximum atomic E-state index is 14.9. The topological polar surface area (TPSA) is 120 Å². The number of aromatic nitrogens is 1. The first kappa shape index (κ1) is 24.2. The maximum Gasteiger partial charge on any atom is 0.322 e. The number of rotatable bonds is 6. The SMILES string of the molecule is CCN1CCN(c2ccc3oc([C@]4(CN5Cc6ccc(OC)c(F)c6C5=O)NC(=O)NC4=O)cc3n2)CC1. The van der Waals surface area contributed by atoms with E-state index in [4.69, 9.17) is 14.1 Å². The molecule has 6 rings (SSSR count). The Morgan fingerprint density at radius 2 is 1.92 bits per heavy atom. The molecule has 2 saturated heterocycles. The summed E-state index contributed by atoms with van der Waals surface area (Å²) in [5.41, 5.74) is -0.384. The lowest BCUT2D eigenvalue weighted by atomic mass is 9.95. The summed E-state index contributed by atoms with van der Waals surface area (Å²) in [4.78, 5) is 49.3. The fourth-order valence-electron chi connectivity index (χ4n) is 5.41. The fourth-order valence-corrected chi connectivity index (χ4v) is 5.41. The van der Waals surface area contributed by atoms with Crippen LogP contribution in [0.2, 0.25) is 0 Å². The predicted molar refractivity (Wildman–Crippen MR) is 134 cm³/mol. The van der Waals surface area contributed by atoms with Crippen molar-refractivity contribution in [1.29, 1.82) is 0 Å². The minimum Gasteiger partial charge on any atom is -0.494 e. The lowest BCUT2D eigenvalue weighted by Gasteiger charge is -2.34. The van der Waals surface area contributed by atoms with E-state index < -0.39 is 29.2 Å². The summed E-state index contributed by atoms with van der Waals surface area (Å²) in [5.74, 6) is -1.14. The van der Waals surface area contributed by atoms with E-state index in [9.17, 15) is 18.8 Å². The third kappa shape index (κ3) is 3.74. The molecule has 5 heterocycles. The van der Waals surface area contributed by atoms with E-state index in [0.29, 0.717) is 16.7 Å². The zero-order valence-corrected chi connectivity index (χ0v) is 21.0. The van der Waals surface area contributed by atoms with Crippen LogP contribution in [0.3, 0.4) is 0 Å². The van der Waals surface area contributed by atoms with Crippen LogP contribution >= 0.6 is 0 Å². The Kier molecular flexibility index (Phi) is 5.71. The number of carbonyl (C=O) groups is 3. The number of piperazine rings is 1. The van der Waals surface area contributed by atoms with Crippen molar-refractivity contribution >= 4 is 34.8 Å². The highest BCUT2D eigenvalue weighted by Gasteiger charge is 2.53. The number of fused-ring (bicyclic) bond motifs is 2. The van der Waals surface area contributed by atoms with Crippen molar-refractivity contribution in [3.05, 3.63) is 53.0 Å². The summed E-state index contributed by atoms with van der Waals surface area (Å²) in [5, 5.41) is 4.89. The number of ether oxygens (including phenoxy) is 1. The van der Waals surface area contributed by atoms with Gasteiger partial charge >= 0.3 is 6.03 Å². The summed E-state index contributed by atoms with van der Waals surface area (Å²) in [6, 6.07) is 7.62. The molecule has 0 aliphatic carbocycles. The third-order valence-corrected chi connectivity index (χ3v) is 7.57. The number of nitrogens with zero attached hydrogens (tertiary/aromatic N) is 4. The molecule has 38 heavy (non-hydrogen) atoms. The van der Waals surface area contributed by atoms with Crippen LogP contribution in [-0.4, -0.2) is 79.0 Å². The number of halogens is 1. The van der Waals surface area contributed by atoms with E-state index in [1.165, 1.54) is 18.1 Å². The first-order valence-electron chi connectivity index (χ1n) is 12.5. The Hall–Kier alpha value is -4.19. The van der Waals surface area contributed by atoms with Gasteiger partial charge in [-0.25, -0.2) is 14.2 Å². The van der Waals surface area contributed by atoms with E-state index >= 15 is 0 Å². The second-order valence-electron chi connectivity index (χ2n) is 9.68. The number of pyridine rings is 1. The third-order valence-electron chi connectivity index (χ3n) is 7.57. The number of hydrogen-bond donors (Lipinski definition) is 2. The Balaban J connectivity index is 1.32. The molecule has 12 heteroatoms. The monoisotopic (exact) mass is 522 g/mol. The number of nitrogens with one attached hydrogen (secondary N) is 2. The molecule has 3 aliphatic rings. The van der Waals surface area contributed by atoms with Crippen molar-refractivity contribution in [3.8, 4) is 5.75 Å². The van der Waals surface area contributed by atoms with Crippen molar-refractivity contribution in [2.75, 3.05) is 51.3 Å². The molecule has 1 atom stereocenters. The number of amides is 4. The van der Waals surface area contributed by atoms with Gasteiger partial charge in [0.2, 0.25) is 0 Å². The zero-order chi connectivity index (χ0) is 26.6. The van der Waals surface area contributed by atoms with E-state index in [1.807, 2.05) is 6.07 Å². The molecule has 4 amide bonds. The van der Waals surface area contributed by atoms with Gasteiger partial charge in [0.25, 0.3) is 11.8 Å². The minimum atomic E-state index is -1.71. The lowest BCUT2D eigenvalue weighted by Crippen LogP contribution is -2.52. The molecule has 0 bridgehead atoms. The summed E-state index contributed by atoms with van der Waals surface area (Å²) < 4.78 is 25.9. The van der Waals surface area contributed by atoms with E-state index in [2.05, 4.69) is 27.4 Å². The van der Waals surface area contributed by atoms with Crippen LogP contribution in [0.15, 0.2) is 34.7 Å². The van der Waals surface area contributed by atoms with E-state index in [-0.39, 0.29) is 30.2 Å². The van der Waals surface area contributed by atoms with Gasteiger partial charge in [0.15, 0.2) is 22.7 Å². The van der Waals surface area contributed by atoms with Crippen LogP contribution in [0.4, 0.5) is 15.0 Å². The highest BCUT2D eigenvalue weighted by Crippen LogP contribution is 2.36. The number of anilines is 1. The van der Waals surface area contributed by atoms with Gasteiger partial charge in [0, 0.05) is 38.8 Å². The lowest BCUT2D eigenvalue weighted by molar-refractivity contribution is -0.125. The second kappa shape index (κ2) is 8.98. The van der Waals surface area contributed by atoms with E-state index in [1.54, 1.807) is 18.2 Å². The van der Waals surface area contributed by atoms with Crippen molar-refractivity contribution < 1.29 is 27.9 Å². The van der Waals surface area contributed by atoms with Gasteiger partial charge < -0.3 is 29.2 Å². The van der Waals surface area contributed by atoms with Crippen molar-refractivity contribution in [2.24, 2.45) is 0 Å². The number of urea groups is 1. The first-order valence-corrected chi connectivity index (χ1v) is 12.5. The number of likely N-dealkylation sites (N-methyl/N-ethyl adjacent to an activating group) is 1. The maximum absolute atomic E-state index is 14.9. The average molecular weight is 523 g/mol. The first-order chi connectivity index (χ1) is 18.3. The van der Waals surface area contributed by atoms with Crippen LogP contribution in [0.25, 0.3) is 11.1 Å². The molecule has 11 nitrogen and oxygen atoms in total. The molecule has 0 spiro atoms. The normalized spacial score (nSPS) is 21.7. The molecular formula is C26H27FN6O5. The van der Waals surface area contributed by atoms with Crippen molar-refractivity contribution in [1.82, 2.24) is 25.4 Å². The molecular weight excluding hydrogens is 495 g/mol. The number of carbonyl (C=O) groups excluding carboxylic acids is 3. The molecule has 2 fully saturated rings. The number of furan rings is 1. The molecule has 3 aliphatic heterocycles. The molecule has 3 aromatic rings. The van der Waals surface area contributed by atoms with Gasteiger partial charge in [-0.2, -0.15) is 0 Å². The van der Waals surface area contributed by atoms with Crippen LogP contribution in [0, 0.1) is 5.82 Å². The summed E-state index contributed by atoms with van der Waals surface area (Å²) in [6.07, 6.45) is 0. The number of hydrogen-bond acceptors (Lipinski definition) is 8. The predicted octanol–water partition coefficient (Wildman–Crippen LogP) is 1.81. The van der Waals surface area contributed by atoms with Crippen molar-refractivity contribution in [3.63, 3.8) is 0 Å². The largest absolute Gasteiger partial charge is 0.494 e. The van der Waals surface area contributed by atoms with Crippen LogP contribution in [-0.2, 0) is 16.9 Å². The Morgan fingerprint density at radius 1 is 1.13 bits per heavy atom. The van der Waals surface area contributed by atoms with Gasteiger partial charge in [0.05, 0.1) is 19.2 Å². The fraction of sp³-hybridized carbons (Fsp3) is 0.385. The van der Waals surface area contributed by atoms with Crippen LogP contribution < -0.4 is 20.3 Å².